The van der Waals surface area contributed by atoms with E-state index in [1.54, 1.807) is 6.20 Å². The van der Waals surface area contributed by atoms with E-state index in [1.165, 1.54) is 31.2 Å². The zero-order valence-electron chi connectivity index (χ0n) is 11.8. The van der Waals surface area contributed by atoms with E-state index in [0.29, 0.717) is 12.1 Å². The maximum Gasteiger partial charge on any atom is 0.0576 e. The number of rotatable bonds is 8. The Kier molecular flexibility index (Phi) is 6.24. The highest BCUT2D eigenvalue weighted by Gasteiger charge is 2.16. The second kappa shape index (κ2) is 8.23. The smallest absolute Gasteiger partial charge is 0.0576 e. The molecular weight excluding hydrogens is 238 g/mol. The van der Waals surface area contributed by atoms with Gasteiger partial charge >= 0.3 is 0 Å². The largest absolute Gasteiger partial charge is 0.378 e. The molecule has 1 aromatic rings. The summed E-state index contributed by atoms with van der Waals surface area (Å²) in [6.07, 6.45) is 11.3. The molecule has 0 aromatic carbocycles. The van der Waals surface area contributed by atoms with E-state index in [4.69, 9.17) is 4.74 Å². The Hall–Kier alpha value is -1.00. The molecule has 0 amide bonds. The van der Waals surface area contributed by atoms with E-state index in [0.717, 1.165) is 26.0 Å². The molecule has 2 atom stereocenters. The molecule has 1 N–H and O–H groups in total. The third-order valence-corrected chi connectivity index (χ3v) is 3.69. The van der Waals surface area contributed by atoms with Gasteiger partial charge in [0.15, 0.2) is 0 Å². The monoisotopic (exact) mass is 263 g/mol. The van der Waals surface area contributed by atoms with Crippen molar-refractivity contribution in [2.45, 2.75) is 57.6 Å². The zero-order valence-corrected chi connectivity index (χ0v) is 11.8. The van der Waals surface area contributed by atoms with Gasteiger partial charge in [0.2, 0.25) is 0 Å². The molecule has 0 saturated carbocycles. The molecular formula is C15H25N3O. The van der Waals surface area contributed by atoms with Crippen molar-refractivity contribution < 1.29 is 4.74 Å². The third-order valence-electron chi connectivity index (χ3n) is 3.69. The summed E-state index contributed by atoms with van der Waals surface area (Å²) >= 11 is 0. The van der Waals surface area contributed by atoms with Crippen molar-refractivity contribution in [1.29, 1.82) is 0 Å². The predicted molar refractivity (Wildman–Crippen MR) is 75.9 cm³/mol. The average Bonchev–Trinajstić information content (AvgIpc) is 2.97. The first-order chi connectivity index (χ1) is 9.40. The second-order valence-electron chi connectivity index (χ2n) is 5.25. The number of nitrogens with zero attached hydrogens (tertiary/aromatic N) is 2. The number of ether oxygens (including phenoxy) is 1. The van der Waals surface area contributed by atoms with Crippen molar-refractivity contribution in [2.24, 2.45) is 0 Å². The van der Waals surface area contributed by atoms with Crippen molar-refractivity contribution >= 4 is 0 Å². The number of hydrogen-bond acceptors (Lipinski definition) is 4. The Morgan fingerprint density at radius 2 is 2.42 bits per heavy atom. The molecule has 1 aromatic heterocycles. The molecule has 2 unspecified atom stereocenters. The molecule has 1 fully saturated rings. The molecule has 1 aliphatic rings. The maximum atomic E-state index is 5.68. The topological polar surface area (TPSA) is 47.0 Å². The Labute approximate surface area is 116 Å². The van der Waals surface area contributed by atoms with Crippen LogP contribution in [0, 0.1) is 0 Å². The summed E-state index contributed by atoms with van der Waals surface area (Å²) in [6, 6.07) is 2.46. The first-order valence-electron chi connectivity index (χ1n) is 7.51. The minimum absolute atomic E-state index is 0.400. The summed E-state index contributed by atoms with van der Waals surface area (Å²) in [7, 11) is 0. The number of aromatic nitrogens is 2. The molecule has 2 heterocycles. The van der Waals surface area contributed by atoms with Gasteiger partial charge in [-0.2, -0.15) is 10.2 Å². The van der Waals surface area contributed by atoms with E-state index in [-0.39, 0.29) is 0 Å². The SMILES string of the molecule is CCCNC(CCCC1CCCO1)c1ccnnc1. The summed E-state index contributed by atoms with van der Waals surface area (Å²) < 4.78 is 5.68. The molecule has 106 valence electrons. The first kappa shape index (κ1) is 14.4. The highest BCUT2D eigenvalue weighted by atomic mass is 16.5. The molecule has 2 rings (SSSR count). The van der Waals surface area contributed by atoms with Gasteiger partial charge < -0.3 is 10.1 Å². The summed E-state index contributed by atoms with van der Waals surface area (Å²) in [6.45, 7) is 4.20. The Morgan fingerprint density at radius 1 is 1.47 bits per heavy atom. The molecule has 0 aliphatic carbocycles. The van der Waals surface area contributed by atoms with Crippen molar-refractivity contribution in [3.63, 3.8) is 0 Å². The highest BCUT2D eigenvalue weighted by molar-refractivity contribution is 5.11. The van der Waals surface area contributed by atoms with Crippen LogP contribution in [0.25, 0.3) is 0 Å². The summed E-state index contributed by atoms with van der Waals surface area (Å²) in [5.74, 6) is 0. The molecule has 0 bridgehead atoms. The van der Waals surface area contributed by atoms with Crippen LogP contribution < -0.4 is 5.32 Å². The fourth-order valence-corrected chi connectivity index (χ4v) is 2.63. The van der Waals surface area contributed by atoms with Gasteiger partial charge in [0.25, 0.3) is 0 Å². The fraction of sp³-hybridized carbons (Fsp3) is 0.733. The normalized spacial score (nSPS) is 20.6. The van der Waals surface area contributed by atoms with Crippen LogP contribution in [-0.2, 0) is 4.74 Å². The van der Waals surface area contributed by atoms with Gasteiger partial charge in [-0.1, -0.05) is 6.92 Å². The lowest BCUT2D eigenvalue weighted by atomic mass is 10.0. The zero-order chi connectivity index (χ0) is 13.3. The van der Waals surface area contributed by atoms with Crippen LogP contribution >= 0.6 is 0 Å². The second-order valence-corrected chi connectivity index (χ2v) is 5.25. The Morgan fingerprint density at radius 3 is 3.11 bits per heavy atom. The molecule has 0 radical (unpaired) electrons. The summed E-state index contributed by atoms with van der Waals surface area (Å²) in [5, 5.41) is 11.4. The number of hydrogen-bond donors (Lipinski definition) is 1. The van der Waals surface area contributed by atoms with Crippen LogP contribution in [0.5, 0.6) is 0 Å². The van der Waals surface area contributed by atoms with E-state index in [9.17, 15) is 0 Å². The fourth-order valence-electron chi connectivity index (χ4n) is 2.63. The minimum Gasteiger partial charge on any atom is -0.378 e. The quantitative estimate of drug-likeness (QED) is 0.783. The maximum absolute atomic E-state index is 5.68. The van der Waals surface area contributed by atoms with Crippen molar-refractivity contribution in [3.05, 3.63) is 24.0 Å². The van der Waals surface area contributed by atoms with Gasteiger partial charge in [-0.3, -0.25) is 0 Å². The van der Waals surface area contributed by atoms with E-state index in [1.807, 2.05) is 6.20 Å². The average molecular weight is 263 g/mol. The van der Waals surface area contributed by atoms with Gasteiger partial charge in [0, 0.05) is 18.8 Å². The molecule has 0 spiro atoms. The molecule has 19 heavy (non-hydrogen) atoms. The molecule has 1 saturated heterocycles. The molecule has 4 heteroatoms. The van der Waals surface area contributed by atoms with Gasteiger partial charge in [0.05, 0.1) is 12.3 Å². The minimum atomic E-state index is 0.400. The van der Waals surface area contributed by atoms with Crippen LogP contribution in [0.1, 0.15) is 57.1 Å². The van der Waals surface area contributed by atoms with Crippen LogP contribution in [-0.4, -0.2) is 29.5 Å². The van der Waals surface area contributed by atoms with Crippen LogP contribution in [0.4, 0.5) is 0 Å². The van der Waals surface area contributed by atoms with Crippen LogP contribution in [0.15, 0.2) is 18.5 Å². The van der Waals surface area contributed by atoms with E-state index in [2.05, 4.69) is 28.5 Å². The van der Waals surface area contributed by atoms with Gasteiger partial charge in [0.1, 0.15) is 0 Å². The highest BCUT2D eigenvalue weighted by Crippen LogP contribution is 2.22. The lowest BCUT2D eigenvalue weighted by molar-refractivity contribution is 0.101. The van der Waals surface area contributed by atoms with Crippen LogP contribution in [0.3, 0.4) is 0 Å². The van der Waals surface area contributed by atoms with Crippen LogP contribution in [0.2, 0.25) is 0 Å². The van der Waals surface area contributed by atoms with E-state index < -0.39 is 0 Å². The van der Waals surface area contributed by atoms with Crippen molar-refractivity contribution in [1.82, 2.24) is 15.5 Å². The Balaban J connectivity index is 1.79. The third kappa shape index (κ3) is 4.88. The van der Waals surface area contributed by atoms with Gasteiger partial charge in [-0.25, -0.2) is 0 Å². The van der Waals surface area contributed by atoms with Gasteiger partial charge in [-0.05, 0) is 56.7 Å². The lowest BCUT2D eigenvalue weighted by Gasteiger charge is -2.19. The van der Waals surface area contributed by atoms with E-state index >= 15 is 0 Å². The van der Waals surface area contributed by atoms with Crippen molar-refractivity contribution in [2.75, 3.05) is 13.2 Å². The van der Waals surface area contributed by atoms with Crippen molar-refractivity contribution in [3.8, 4) is 0 Å². The summed E-state index contributed by atoms with van der Waals surface area (Å²) in [5.41, 5.74) is 1.25. The predicted octanol–water partition coefficient (Wildman–Crippen LogP) is 2.87. The first-order valence-corrected chi connectivity index (χ1v) is 7.51. The lowest BCUT2D eigenvalue weighted by Crippen LogP contribution is -2.22. The number of nitrogens with one attached hydrogen (secondary N) is 1. The Bertz CT molecular complexity index is 339. The molecule has 1 aliphatic heterocycles. The molecule has 4 nitrogen and oxygen atoms in total. The summed E-state index contributed by atoms with van der Waals surface area (Å²) in [4.78, 5) is 0. The standard InChI is InChI=1S/C15H25N3O/c1-2-9-16-15(13-8-10-17-18-12-13)7-3-5-14-6-4-11-19-14/h8,10,12,14-16H,2-7,9,11H2,1H3. The van der Waals surface area contributed by atoms with Gasteiger partial charge in [-0.15, -0.1) is 0 Å².